The molecule has 2 atom stereocenters. The van der Waals surface area contributed by atoms with Crippen molar-refractivity contribution in [3.05, 3.63) is 65.0 Å². The lowest BCUT2D eigenvalue weighted by atomic mass is 10.1. The quantitative estimate of drug-likeness (QED) is 0.493. The van der Waals surface area contributed by atoms with Crippen LogP contribution in [0.3, 0.4) is 0 Å². The zero-order valence-corrected chi connectivity index (χ0v) is 13.6. The Morgan fingerprint density at radius 2 is 1.92 bits per heavy atom. The van der Waals surface area contributed by atoms with Crippen molar-refractivity contribution >= 4 is 11.6 Å². The van der Waals surface area contributed by atoms with E-state index >= 15 is 0 Å². The molecule has 0 spiro atoms. The van der Waals surface area contributed by atoms with Gasteiger partial charge in [-0.25, -0.2) is 18.2 Å². The van der Waals surface area contributed by atoms with E-state index in [0.717, 1.165) is 23.4 Å². The summed E-state index contributed by atoms with van der Waals surface area (Å²) in [7, 11) is 1.60. The number of halogens is 3. The standard InChI is InChI=1S/C18H18F3N3O/c1-25-9-10-4-2-3-5-15(10)23-18(22)24-16-8-12(16)11-6-13(19)17(21)14(20)7-11/h2-7,12,16H,8-9H2,1H3,(H3,22,23,24)/t12-,16+/m0/s1. The summed E-state index contributed by atoms with van der Waals surface area (Å²) in [6.07, 6.45) is 0.604. The molecule has 3 rings (SSSR count). The van der Waals surface area contributed by atoms with Gasteiger partial charge >= 0.3 is 0 Å². The molecule has 0 amide bonds. The van der Waals surface area contributed by atoms with Crippen LogP contribution in [-0.2, 0) is 11.3 Å². The van der Waals surface area contributed by atoms with Gasteiger partial charge in [-0.2, -0.15) is 0 Å². The highest BCUT2D eigenvalue weighted by Gasteiger charge is 2.39. The lowest BCUT2D eigenvalue weighted by Gasteiger charge is -2.10. The number of nitrogens with two attached hydrogens (primary N) is 1. The van der Waals surface area contributed by atoms with Crippen LogP contribution in [0.25, 0.3) is 0 Å². The fraction of sp³-hybridized carbons (Fsp3) is 0.278. The zero-order valence-electron chi connectivity index (χ0n) is 13.6. The summed E-state index contributed by atoms with van der Waals surface area (Å²) in [6, 6.07) is 9.34. The van der Waals surface area contributed by atoms with Crippen LogP contribution >= 0.6 is 0 Å². The molecule has 0 radical (unpaired) electrons. The number of para-hydroxylation sites is 1. The minimum atomic E-state index is -1.46. The molecule has 4 nitrogen and oxygen atoms in total. The van der Waals surface area contributed by atoms with E-state index in [1.807, 2.05) is 24.3 Å². The minimum Gasteiger partial charge on any atom is -0.380 e. The number of anilines is 1. The average Bonchev–Trinajstić information content (AvgIpc) is 3.33. The molecule has 2 aromatic carbocycles. The van der Waals surface area contributed by atoms with Crippen LogP contribution in [0.15, 0.2) is 41.4 Å². The Morgan fingerprint density at radius 3 is 2.60 bits per heavy atom. The highest BCUT2D eigenvalue weighted by Crippen LogP contribution is 2.44. The molecule has 3 N–H and O–H groups in total. The smallest absolute Gasteiger partial charge is 0.194 e. The number of rotatable bonds is 5. The molecule has 25 heavy (non-hydrogen) atoms. The molecule has 0 heterocycles. The minimum absolute atomic E-state index is 0.167. The molecule has 2 aromatic rings. The molecular weight excluding hydrogens is 331 g/mol. The maximum atomic E-state index is 13.3. The third kappa shape index (κ3) is 3.93. The van der Waals surface area contributed by atoms with Gasteiger partial charge in [0, 0.05) is 24.3 Å². The lowest BCUT2D eigenvalue weighted by molar-refractivity contribution is 0.185. The van der Waals surface area contributed by atoms with Gasteiger partial charge in [0.2, 0.25) is 0 Å². The maximum Gasteiger partial charge on any atom is 0.194 e. The van der Waals surface area contributed by atoms with E-state index in [-0.39, 0.29) is 17.9 Å². The van der Waals surface area contributed by atoms with Gasteiger partial charge < -0.3 is 15.8 Å². The second kappa shape index (κ2) is 7.14. The van der Waals surface area contributed by atoms with Crippen molar-refractivity contribution in [2.75, 3.05) is 12.4 Å². The predicted octanol–water partition coefficient (Wildman–Crippen LogP) is 3.53. The Balaban J connectivity index is 1.69. The number of nitrogens with zero attached hydrogens (tertiary/aromatic N) is 1. The monoisotopic (exact) mass is 349 g/mol. The number of nitrogens with one attached hydrogen (secondary N) is 1. The Kier molecular flexibility index (Phi) is 4.94. The topological polar surface area (TPSA) is 59.6 Å². The molecule has 1 aliphatic rings. The molecular formula is C18H18F3N3O. The number of benzene rings is 2. The molecule has 0 aromatic heterocycles. The summed E-state index contributed by atoms with van der Waals surface area (Å²) in [6.45, 7) is 0.427. The van der Waals surface area contributed by atoms with Gasteiger partial charge in [-0.15, -0.1) is 0 Å². The van der Waals surface area contributed by atoms with Crippen LogP contribution in [0, 0.1) is 17.5 Å². The summed E-state index contributed by atoms with van der Waals surface area (Å²) in [5.41, 5.74) is 8.02. The SMILES string of the molecule is COCc1ccccc1NC(N)=N[C@@H]1C[C@H]1c1cc(F)c(F)c(F)c1. The maximum absolute atomic E-state index is 13.3. The summed E-state index contributed by atoms with van der Waals surface area (Å²) in [4.78, 5) is 4.33. The normalized spacial score (nSPS) is 19.8. The van der Waals surface area contributed by atoms with Crippen molar-refractivity contribution < 1.29 is 17.9 Å². The van der Waals surface area contributed by atoms with E-state index in [9.17, 15) is 13.2 Å². The molecule has 0 bridgehead atoms. The van der Waals surface area contributed by atoms with Gasteiger partial charge in [0.25, 0.3) is 0 Å². The van der Waals surface area contributed by atoms with E-state index in [4.69, 9.17) is 10.5 Å². The molecule has 1 aliphatic carbocycles. The van der Waals surface area contributed by atoms with Crippen LogP contribution < -0.4 is 11.1 Å². The van der Waals surface area contributed by atoms with E-state index in [1.165, 1.54) is 0 Å². The molecule has 1 saturated carbocycles. The van der Waals surface area contributed by atoms with Crippen molar-refractivity contribution in [3.8, 4) is 0 Å². The van der Waals surface area contributed by atoms with Crippen LogP contribution in [0.1, 0.15) is 23.5 Å². The highest BCUT2D eigenvalue weighted by atomic mass is 19.2. The molecule has 0 unspecified atom stereocenters. The third-order valence-electron chi connectivity index (χ3n) is 4.08. The van der Waals surface area contributed by atoms with E-state index in [1.54, 1.807) is 7.11 Å². The Hall–Kier alpha value is -2.54. The molecule has 132 valence electrons. The first kappa shape index (κ1) is 17.3. The van der Waals surface area contributed by atoms with E-state index < -0.39 is 17.5 Å². The highest BCUT2D eigenvalue weighted by molar-refractivity contribution is 5.93. The summed E-state index contributed by atoms with van der Waals surface area (Å²) in [5.74, 6) is -3.80. The second-order valence-corrected chi connectivity index (χ2v) is 5.94. The number of hydrogen-bond acceptors (Lipinski definition) is 2. The number of guanidine groups is 1. The number of methoxy groups -OCH3 is 1. The fourth-order valence-corrected chi connectivity index (χ4v) is 2.74. The van der Waals surface area contributed by atoms with Gasteiger partial charge in [-0.05, 0) is 30.2 Å². The number of aliphatic imine (C=N–C) groups is 1. The Labute approximate surface area is 143 Å². The number of hydrogen-bond donors (Lipinski definition) is 2. The summed E-state index contributed by atoms with van der Waals surface area (Å²) < 4.78 is 44.8. The number of ether oxygens (including phenoxy) is 1. The molecule has 0 aliphatic heterocycles. The van der Waals surface area contributed by atoms with E-state index in [0.29, 0.717) is 18.6 Å². The van der Waals surface area contributed by atoms with Crippen molar-refractivity contribution in [2.24, 2.45) is 10.7 Å². The zero-order chi connectivity index (χ0) is 18.0. The van der Waals surface area contributed by atoms with Gasteiger partial charge in [0.05, 0.1) is 12.6 Å². The van der Waals surface area contributed by atoms with E-state index in [2.05, 4.69) is 10.3 Å². The van der Waals surface area contributed by atoms with Crippen molar-refractivity contribution in [1.82, 2.24) is 0 Å². The molecule has 7 heteroatoms. The first-order valence-electron chi connectivity index (χ1n) is 7.81. The van der Waals surface area contributed by atoms with Gasteiger partial charge in [-0.3, -0.25) is 0 Å². The first-order valence-corrected chi connectivity index (χ1v) is 7.81. The van der Waals surface area contributed by atoms with Crippen molar-refractivity contribution in [2.45, 2.75) is 25.0 Å². The van der Waals surface area contributed by atoms with Gasteiger partial charge in [0.15, 0.2) is 23.4 Å². The van der Waals surface area contributed by atoms with Crippen LogP contribution in [0.5, 0.6) is 0 Å². The Morgan fingerprint density at radius 1 is 1.24 bits per heavy atom. The van der Waals surface area contributed by atoms with Crippen LogP contribution in [0.4, 0.5) is 18.9 Å². The second-order valence-electron chi connectivity index (χ2n) is 5.94. The molecule has 0 saturated heterocycles. The van der Waals surface area contributed by atoms with Crippen LogP contribution in [0.2, 0.25) is 0 Å². The first-order chi connectivity index (χ1) is 12.0. The van der Waals surface area contributed by atoms with Crippen molar-refractivity contribution in [3.63, 3.8) is 0 Å². The van der Waals surface area contributed by atoms with Gasteiger partial charge in [0.1, 0.15) is 0 Å². The van der Waals surface area contributed by atoms with Gasteiger partial charge in [-0.1, -0.05) is 18.2 Å². The summed E-state index contributed by atoms with van der Waals surface area (Å²) in [5, 5.41) is 3.01. The summed E-state index contributed by atoms with van der Waals surface area (Å²) >= 11 is 0. The third-order valence-corrected chi connectivity index (χ3v) is 4.08. The lowest BCUT2D eigenvalue weighted by Crippen LogP contribution is -2.24. The largest absolute Gasteiger partial charge is 0.380 e. The van der Waals surface area contributed by atoms with Crippen LogP contribution in [-0.4, -0.2) is 19.1 Å². The van der Waals surface area contributed by atoms with Crippen molar-refractivity contribution in [1.29, 1.82) is 0 Å². The molecule has 1 fully saturated rings. The Bertz CT molecular complexity index is 787. The predicted molar refractivity (Wildman–Crippen MR) is 89.9 cm³/mol. The average molecular weight is 349 g/mol. The fourth-order valence-electron chi connectivity index (χ4n) is 2.74.